The zero-order chi connectivity index (χ0) is 13.8. The van der Waals surface area contributed by atoms with E-state index >= 15 is 0 Å². The van der Waals surface area contributed by atoms with Crippen LogP contribution in [0.2, 0.25) is 0 Å². The molecule has 4 heteroatoms. The van der Waals surface area contributed by atoms with Crippen LogP contribution in [0.1, 0.15) is 62.6 Å². The Morgan fingerprint density at radius 2 is 2.20 bits per heavy atom. The predicted molar refractivity (Wildman–Crippen MR) is 78.3 cm³/mol. The van der Waals surface area contributed by atoms with Gasteiger partial charge in [-0.05, 0) is 38.0 Å². The second-order valence-electron chi connectivity index (χ2n) is 5.70. The van der Waals surface area contributed by atoms with Crippen LogP contribution in [0.3, 0.4) is 0 Å². The van der Waals surface area contributed by atoms with E-state index < -0.39 is 0 Å². The minimum absolute atomic E-state index is 0.213. The predicted octanol–water partition coefficient (Wildman–Crippen LogP) is 3.83. The molecule has 0 bridgehead atoms. The van der Waals surface area contributed by atoms with Crippen LogP contribution >= 0.6 is 0 Å². The maximum atomic E-state index is 5.40. The summed E-state index contributed by atoms with van der Waals surface area (Å²) in [6.45, 7) is 2.89. The molecule has 1 saturated carbocycles. The highest BCUT2D eigenvalue weighted by Gasteiger charge is 2.16. The van der Waals surface area contributed by atoms with E-state index in [2.05, 4.69) is 29.2 Å². The first kappa shape index (κ1) is 13.4. The molecule has 2 aromatic rings. The van der Waals surface area contributed by atoms with Crippen molar-refractivity contribution in [2.24, 2.45) is 0 Å². The lowest BCUT2D eigenvalue weighted by molar-refractivity contribution is 0.327. The van der Waals surface area contributed by atoms with E-state index in [0.717, 1.165) is 18.0 Å². The Balaban J connectivity index is 1.54. The zero-order valence-corrected chi connectivity index (χ0v) is 12.1. The number of furan rings is 1. The van der Waals surface area contributed by atoms with Gasteiger partial charge in [0.25, 0.3) is 0 Å². The van der Waals surface area contributed by atoms with Gasteiger partial charge in [-0.25, -0.2) is 0 Å². The Kier molecular flexibility index (Phi) is 4.21. The van der Waals surface area contributed by atoms with Gasteiger partial charge in [0.15, 0.2) is 0 Å². The van der Waals surface area contributed by atoms with Crippen LogP contribution in [0.4, 0.5) is 0 Å². The average Bonchev–Trinajstić information content (AvgIpc) is 3.17. The van der Waals surface area contributed by atoms with Gasteiger partial charge in [-0.1, -0.05) is 19.3 Å². The molecule has 3 rings (SSSR count). The fourth-order valence-electron chi connectivity index (χ4n) is 2.92. The van der Waals surface area contributed by atoms with Crippen molar-refractivity contribution in [1.29, 1.82) is 0 Å². The van der Waals surface area contributed by atoms with E-state index in [-0.39, 0.29) is 6.04 Å². The monoisotopic (exact) mass is 273 g/mol. The number of hydrogen-bond acceptors (Lipinski definition) is 3. The van der Waals surface area contributed by atoms with Gasteiger partial charge >= 0.3 is 0 Å². The van der Waals surface area contributed by atoms with Gasteiger partial charge in [-0.2, -0.15) is 5.10 Å². The molecule has 4 nitrogen and oxygen atoms in total. The molecule has 1 aliphatic carbocycles. The molecule has 0 amide bonds. The highest BCUT2D eigenvalue weighted by molar-refractivity contribution is 5.05. The topological polar surface area (TPSA) is 43.0 Å². The van der Waals surface area contributed by atoms with Crippen LogP contribution in [0.25, 0.3) is 0 Å². The molecular formula is C16H23N3O. The van der Waals surface area contributed by atoms with Gasteiger partial charge in [-0.15, -0.1) is 0 Å². The van der Waals surface area contributed by atoms with E-state index in [1.54, 1.807) is 6.26 Å². The Hall–Kier alpha value is -1.55. The lowest BCUT2D eigenvalue weighted by Gasteiger charge is -2.21. The van der Waals surface area contributed by atoms with Crippen molar-refractivity contribution >= 4 is 0 Å². The van der Waals surface area contributed by atoms with Crippen LogP contribution in [0.15, 0.2) is 35.1 Å². The molecule has 1 atom stereocenters. The van der Waals surface area contributed by atoms with Gasteiger partial charge in [0.05, 0.1) is 24.0 Å². The highest BCUT2D eigenvalue weighted by Crippen LogP contribution is 2.27. The first-order chi connectivity index (χ1) is 9.83. The Labute approximate surface area is 120 Å². The summed E-state index contributed by atoms with van der Waals surface area (Å²) >= 11 is 0. The van der Waals surface area contributed by atoms with Crippen LogP contribution in [0.5, 0.6) is 0 Å². The number of nitrogens with zero attached hydrogens (tertiary/aromatic N) is 2. The van der Waals surface area contributed by atoms with Gasteiger partial charge in [-0.3, -0.25) is 4.68 Å². The molecule has 0 aliphatic heterocycles. The molecule has 1 unspecified atom stereocenters. The molecule has 20 heavy (non-hydrogen) atoms. The molecule has 2 aromatic heterocycles. The van der Waals surface area contributed by atoms with Crippen molar-refractivity contribution in [1.82, 2.24) is 15.1 Å². The number of nitrogens with one attached hydrogen (secondary N) is 1. The lowest BCUT2D eigenvalue weighted by Crippen LogP contribution is -2.19. The first-order valence-electron chi connectivity index (χ1n) is 7.64. The van der Waals surface area contributed by atoms with E-state index in [1.807, 2.05) is 12.1 Å². The van der Waals surface area contributed by atoms with Crippen molar-refractivity contribution in [3.63, 3.8) is 0 Å². The van der Waals surface area contributed by atoms with Crippen molar-refractivity contribution in [2.75, 3.05) is 0 Å². The van der Waals surface area contributed by atoms with Crippen molar-refractivity contribution in [3.05, 3.63) is 42.1 Å². The summed E-state index contributed by atoms with van der Waals surface area (Å²) in [4.78, 5) is 0. The van der Waals surface area contributed by atoms with Gasteiger partial charge in [0, 0.05) is 12.7 Å². The second kappa shape index (κ2) is 6.27. The second-order valence-corrected chi connectivity index (χ2v) is 5.70. The van der Waals surface area contributed by atoms with Crippen LogP contribution in [0, 0.1) is 0 Å². The average molecular weight is 273 g/mol. The standard InChI is InChI=1S/C16H23N3O/c1-13(16-8-5-11-20-16)17-12-14-9-10-19(18-14)15-6-3-2-4-7-15/h5,8-11,13,15,17H,2-4,6-7,12H2,1H3. The van der Waals surface area contributed by atoms with Crippen molar-refractivity contribution < 1.29 is 4.42 Å². The zero-order valence-electron chi connectivity index (χ0n) is 12.1. The minimum atomic E-state index is 0.213. The molecule has 0 spiro atoms. The first-order valence-corrected chi connectivity index (χ1v) is 7.64. The summed E-state index contributed by atoms with van der Waals surface area (Å²) in [5.41, 5.74) is 1.11. The molecular weight excluding hydrogens is 250 g/mol. The Morgan fingerprint density at radius 3 is 2.95 bits per heavy atom. The fraction of sp³-hybridized carbons (Fsp3) is 0.562. The molecule has 1 aliphatic rings. The highest BCUT2D eigenvalue weighted by atomic mass is 16.3. The lowest BCUT2D eigenvalue weighted by atomic mass is 9.96. The molecule has 0 saturated heterocycles. The van der Waals surface area contributed by atoms with E-state index in [4.69, 9.17) is 9.52 Å². The molecule has 0 radical (unpaired) electrons. The molecule has 2 heterocycles. The summed E-state index contributed by atoms with van der Waals surface area (Å²) in [5, 5.41) is 8.16. The Morgan fingerprint density at radius 1 is 1.35 bits per heavy atom. The number of rotatable bonds is 5. The third kappa shape index (κ3) is 3.12. The third-order valence-electron chi connectivity index (χ3n) is 4.17. The summed E-state index contributed by atoms with van der Waals surface area (Å²) in [7, 11) is 0. The largest absolute Gasteiger partial charge is 0.468 e. The van der Waals surface area contributed by atoms with E-state index in [0.29, 0.717) is 6.04 Å². The van der Waals surface area contributed by atoms with Crippen molar-refractivity contribution in [2.45, 2.75) is 57.7 Å². The Bertz CT molecular complexity index is 512. The summed E-state index contributed by atoms with van der Waals surface area (Å²) in [5.74, 6) is 0.969. The third-order valence-corrected chi connectivity index (χ3v) is 4.17. The maximum absolute atomic E-state index is 5.40. The van der Waals surface area contributed by atoms with Crippen molar-refractivity contribution in [3.8, 4) is 0 Å². The van der Waals surface area contributed by atoms with Gasteiger partial charge in [0.2, 0.25) is 0 Å². The van der Waals surface area contributed by atoms with Gasteiger partial charge in [0.1, 0.15) is 5.76 Å². The smallest absolute Gasteiger partial charge is 0.120 e. The normalized spacial score (nSPS) is 18.2. The van der Waals surface area contributed by atoms with Crippen LogP contribution in [-0.2, 0) is 6.54 Å². The maximum Gasteiger partial charge on any atom is 0.120 e. The van der Waals surface area contributed by atoms with Crippen LogP contribution in [-0.4, -0.2) is 9.78 Å². The summed E-state index contributed by atoms with van der Waals surface area (Å²) < 4.78 is 7.56. The summed E-state index contributed by atoms with van der Waals surface area (Å²) in [6, 6.07) is 6.87. The molecule has 108 valence electrons. The quantitative estimate of drug-likeness (QED) is 0.900. The summed E-state index contributed by atoms with van der Waals surface area (Å²) in [6.07, 6.45) is 10.5. The molecule has 1 fully saturated rings. The fourth-order valence-corrected chi connectivity index (χ4v) is 2.92. The molecule has 0 aromatic carbocycles. The van der Waals surface area contributed by atoms with E-state index in [1.165, 1.54) is 32.1 Å². The van der Waals surface area contributed by atoms with E-state index in [9.17, 15) is 0 Å². The van der Waals surface area contributed by atoms with Gasteiger partial charge < -0.3 is 9.73 Å². The SMILES string of the molecule is CC(NCc1ccn(C2CCCCC2)n1)c1ccco1. The molecule has 1 N–H and O–H groups in total. The van der Waals surface area contributed by atoms with Crippen LogP contribution < -0.4 is 5.32 Å². The minimum Gasteiger partial charge on any atom is -0.468 e. The number of aromatic nitrogens is 2. The number of hydrogen-bond donors (Lipinski definition) is 1.